The topological polar surface area (TPSA) is 95.2 Å². The molecule has 0 radical (unpaired) electrons. The van der Waals surface area contributed by atoms with Crippen LogP contribution in [0.3, 0.4) is 0 Å². The number of rotatable bonds is 5. The molecule has 0 unspecified atom stereocenters. The fourth-order valence-electron chi connectivity index (χ4n) is 3.84. The number of fused-ring (bicyclic) bond motifs is 1. The molecule has 1 amide bonds. The molecule has 0 spiro atoms. The van der Waals surface area contributed by atoms with E-state index in [-0.39, 0.29) is 10.1 Å². The highest BCUT2D eigenvalue weighted by atomic mass is 32.2. The van der Waals surface area contributed by atoms with Gasteiger partial charge in [0.15, 0.2) is 0 Å². The van der Waals surface area contributed by atoms with Crippen LogP contribution in [0.4, 0.5) is 5.69 Å². The molecule has 7 nitrogen and oxygen atoms in total. The summed E-state index contributed by atoms with van der Waals surface area (Å²) in [5.41, 5.74) is 3.37. The molecule has 4 aromatic rings. The molecule has 2 N–H and O–H groups in total. The van der Waals surface area contributed by atoms with Crippen LogP contribution in [0.25, 0.3) is 22.4 Å². The van der Waals surface area contributed by atoms with E-state index in [1.807, 2.05) is 36.4 Å². The minimum absolute atomic E-state index is 0.266. The first-order valence-electron chi connectivity index (χ1n) is 9.94. The summed E-state index contributed by atoms with van der Waals surface area (Å²) in [6.07, 6.45) is 1.17. The maximum absolute atomic E-state index is 12.9. The molecular weight excluding hydrogens is 432 g/mol. The number of carbonyl (C=O) groups excluding carboxylic acids is 1. The van der Waals surface area contributed by atoms with Gasteiger partial charge in [0.2, 0.25) is 5.91 Å². The van der Waals surface area contributed by atoms with Crippen LogP contribution in [-0.2, 0) is 14.8 Å². The zero-order valence-corrected chi connectivity index (χ0v) is 18.1. The van der Waals surface area contributed by atoms with Gasteiger partial charge in [0.25, 0.3) is 10.0 Å². The van der Waals surface area contributed by atoms with E-state index in [1.54, 1.807) is 29.6 Å². The Morgan fingerprint density at radius 1 is 1.10 bits per heavy atom. The van der Waals surface area contributed by atoms with Crippen molar-refractivity contribution in [3.8, 4) is 11.4 Å². The Hall–Kier alpha value is -3.01. The summed E-state index contributed by atoms with van der Waals surface area (Å²) in [6, 6.07) is 17.7. The summed E-state index contributed by atoms with van der Waals surface area (Å²) in [6.45, 7) is 0.351. The lowest BCUT2D eigenvalue weighted by Gasteiger charge is -2.22. The van der Waals surface area contributed by atoms with Crippen LogP contribution in [0.5, 0.6) is 0 Å². The number of anilines is 1. The van der Waals surface area contributed by atoms with Gasteiger partial charge in [0, 0.05) is 17.8 Å². The standard InChI is InChI=1S/C22H20N4O3S2/c27-22(19-7-3-13-26(19)31(28,29)20-8-4-14-30-20)23-16-11-9-15(10-12-16)21-24-17-5-1-2-6-18(17)25-21/h1-2,4-6,8-12,14,19H,3,7,13H2,(H,23,27)(H,24,25)/t19-/m1/s1. The number of nitrogens with one attached hydrogen (secondary N) is 2. The molecule has 3 heterocycles. The minimum atomic E-state index is -3.66. The summed E-state index contributed by atoms with van der Waals surface area (Å²) in [7, 11) is -3.66. The molecule has 9 heteroatoms. The van der Waals surface area contributed by atoms with Crippen molar-refractivity contribution in [3.05, 3.63) is 66.0 Å². The molecule has 31 heavy (non-hydrogen) atoms. The Morgan fingerprint density at radius 2 is 1.90 bits per heavy atom. The fourth-order valence-corrected chi connectivity index (χ4v) is 6.62. The van der Waals surface area contributed by atoms with E-state index in [2.05, 4.69) is 15.3 Å². The van der Waals surface area contributed by atoms with E-state index in [4.69, 9.17) is 0 Å². The molecular formula is C22H20N4O3S2. The number of amides is 1. The first-order chi connectivity index (χ1) is 15.0. The summed E-state index contributed by atoms with van der Waals surface area (Å²) >= 11 is 1.17. The Balaban J connectivity index is 1.32. The van der Waals surface area contributed by atoms with Crippen LogP contribution in [0.15, 0.2) is 70.3 Å². The number of H-pyrrole nitrogens is 1. The molecule has 5 rings (SSSR count). The number of hydrogen-bond donors (Lipinski definition) is 2. The van der Waals surface area contributed by atoms with E-state index in [0.29, 0.717) is 25.1 Å². The van der Waals surface area contributed by atoms with Gasteiger partial charge in [-0.3, -0.25) is 4.79 Å². The van der Waals surface area contributed by atoms with Gasteiger partial charge in [0.1, 0.15) is 16.1 Å². The second-order valence-corrected chi connectivity index (χ2v) is 10.4. The van der Waals surface area contributed by atoms with Crippen LogP contribution in [0.1, 0.15) is 12.8 Å². The normalized spacial score (nSPS) is 17.2. The van der Waals surface area contributed by atoms with E-state index < -0.39 is 16.1 Å². The summed E-state index contributed by atoms with van der Waals surface area (Å²) in [5.74, 6) is 0.442. The summed E-state index contributed by atoms with van der Waals surface area (Å²) in [5, 5.41) is 4.59. The first kappa shape index (κ1) is 19.9. The van der Waals surface area contributed by atoms with Gasteiger partial charge < -0.3 is 10.3 Å². The molecule has 1 aliphatic heterocycles. The van der Waals surface area contributed by atoms with E-state index in [0.717, 1.165) is 22.4 Å². The van der Waals surface area contributed by atoms with E-state index >= 15 is 0 Å². The van der Waals surface area contributed by atoms with Crippen molar-refractivity contribution in [2.24, 2.45) is 0 Å². The average molecular weight is 453 g/mol. The highest BCUT2D eigenvalue weighted by molar-refractivity contribution is 7.91. The van der Waals surface area contributed by atoms with Gasteiger partial charge in [0.05, 0.1) is 11.0 Å². The highest BCUT2D eigenvalue weighted by Gasteiger charge is 2.39. The third kappa shape index (κ3) is 3.76. The number of benzene rings is 2. The molecule has 1 fully saturated rings. The van der Waals surface area contributed by atoms with Gasteiger partial charge >= 0.3 is 0 Å². The lowest BCUT2D eigenvalue weighted by atomic mass is 10.1. The lowest BCUT2D eigenvalue weighted by molar-refractivity contribution is -0.119. The second kappa shape index (κ2) is 7.92. The number of aromatic amines is 1. The maximum Gasteiger partial charge on any atom is 0.253 e. The van der Waals surface area contributed by atoms with Crippen molar-refractivity contribution in [2.75, 3.05) is 11.9 Å². The average Bonchev–Trinajstić information content (AvgIpc) is 3.54. The van der Waals surface area contributed by atoms with E-state index in [9.17, 15) is 13.2 Å². The lowest BCUT2D eigenvalue weighted by Crippen LogP contribution is -2.42. The number of carbonyl (C=O) groups is 1. The molecule has 1 saturated heterocycles. The SMILES string of the molecule is O=C(Nc1ccc(-c2nc3ccccc3[nH]2)cc1)[C@H]1CCCN1S(=O)(=O)c1cccs1. The van der Waals surface area contributed by atoms with Crippen molar-refractivity contribution in [1.82, 2.24) is 14.3 Å². The van der Waals surface area contributed by atoms with Gasteiger partial charge in [-0.2, -0.15) is 4.31 Å². The van der Waals surface area contributed by atoms with Gasteiger partial charge in [-0.15, -0.1) is 11.3 Å². The van der Waals surface area contributed by atoms with Crippen molar-refractivity contribution < 1.29 is 13.2 Å². The molecule has 0 bridgehead atoms. The third-order valence-electron chi connectivity index (χ3n) is 5.38. The Kier molecular flexibility index (Phi) is 5.09. The molecule has 158 valence electrons. The quantitative estimate of drug-likeness (QED) is 0.477. The van der Waals surface area contributed by atoms with Crippen molar-refractivity contribution in [3.63, 3.8) is 0 Å². The minimum Gasteiger partial charge on any atom is -0.338 e. The smallest absolute Gasteiger partial charge is 0.253 e. The summed E-state index contributed by atoms with van der Waals surface area (Å²) in [4.78, 5) is 20.7. The predicted octanol–water partition coefficient (Wildman–Crippen LogP) is 4.08. The number of hydrogen-bond acceptors (Lipinski definition) is 5. The molecule has 0 saturated carbocycles. The Labute approximate surface area is 183 Å². The highest BCUT2D eigenvalue weighted by Crippen LogP contribution is 2.29. The largest absolute Gasteiger partial charge is 0.338 e. The molecule has 1 aliphatic rings. The third-order valence-corrected chi connectivity index (χ3v) is 8.66. The maximum atomic E-state index is 12.9. The first-order valence-corrected chi connectivity index (χ1v) is 12.3. The van der Waals surface area contributed by atoms with Crippen molar-refractivity contribution in [1.29, 1.82) is 0 Å². The predicted molar refractivity (Wildman–Crippen MR) is 121 cm³/mol. The van der Waals surface area contributed by atoms with Crippen LogP contribution >= 0.6 is 11.3 Å². The van der Waals surface area contributed by atoms with Crippen molar-refractivity contribution >= 4 is 44.0 Å². The van der Waals surface area contributed by atoms with E-state index in [1.165, 1.54) is 15.6 Å². The monoisotopic (exact) mass is 452 g/mol. The molecule has 1 atom stereocenters. The zero-order chi connectivity index (χ0) is 21.4. The number of nitrogens with zero attached hydrogens (tertiary/aromatic N) is 2. The number of aromatic nitrogens is 2. The number of imidazole rings is 1. The summed E-state index contributed by atoms with van der Waals surface area (Å²) < 4.78 is 27.4. The number of sulfonamides is 1. The fraction of sp³-hybridized carbons (Fsp3) is 0.182. The van der Waals surface area contributed by atoms with Gasteiger partial charge in [-0.05, 0) is 60.7 Å². The zero-order valence-electron chi connectivity index (χ0n) is 16.5. The van der Waals surface area contributed by atoms with Crippen LogP contribution in [-0.4, -0.2) is 41.2 Å². The van der Waals surface area contributed by atoms with Crippen molar-refractivity contribution in [2.45, 2.75) is 23.1 Å². The second-order valence-electron chi connectivity index (χ2n) is 7.38. The Morgan fingerprint density at radius 3 is 2.65 bits per heavy atom. The van der Waals surface area contributed by atoms with Crippen LogP contribution in [0.2, 0.25) is 0 Å². The van der Waals surface area contributed by atoms with Crippen LogP contribution < -0.4 is 5.32 Å². The molecule has 0 aliphatic carbocycles. The molecule has 2 aromatic carbocycles. The van der Waals surface area contributed by atoms with Gasteiger partial charge in [-0.1, -0.05) is 18.2 Å². The molecule has 2 aromatic heterocycles. The van der Waals surface area contributed by atoms with Gasteiger partial charge in [-0.25, -0.2) is 13.4 Å². The van der Waals surface area contributed by atoms with Crippen LogP contribution in [0, 0.1) is 0 Å². The Bertz CT molecular complexity index is 1300. The number of para-hydroxylation sites is 2. The number of thiophene rings is 1.